The molecule has 9 rings (SSSR count). The Balaban J connectivity index is 0.00000413. The maximum Gasteiger partial charge on any atom is 0.210 e. The third kappa shape index (κ3) is 5.80. The predicted octanol–water partition coefficient (Wildman–Crippen LogP) is 13.1. The minimum absolute atomic E-state index is 0. The molecule has 0 spiro atoms. The minimum atomic E-state index is -0.182. The van der Waals surface area contributed by atoms with E-state index in [-0.39, 0.29) is 44.1 Å². The first kappa shape index (κ1) is 36.0. The molecular weight excluding hydrogens is 870 g/mol. The first-order valence-electron chi connectivity index (χ1n) is 18.2. The Bertz CT molecular complexity index is 2810. The molecule has 0 saturated carbocycles. The van der Waals surface area contributed by atoms with E-state index in [2.05, 4.69) is 95.5 Å². The molecular formula is C46H40N3O3PtS-. The monoisotopic (exact) mass is 909 g/mol. The van der Waals surface area contributed by atoms with Crippen molar-refractivity contribution in [2.75, 3.05) is 0 Å². The van der Waals surface area contributed by atoms with Gasteiger partial charge in [-0.25, -0.2) is 4.98 Å². The number of pyridine rings is 1. The first-order chi connectivity index (χ1) is 25.5. The van der Waals surface area contributed by atoms with Crippen molar-refractivity contribution in [3.63, 3.8) is 0 Å². The average Bonchev–Trinajstić information content (AvgIpc) is 3.84. The summed E-state index contributed by atoms with van der Waals surface area (Å²) in [6.45, 7) is 15.5. The molecule has 0 atom stereocenters. The van der Waals surface area contributed by atoms with E-state index in [0.29, 0.717) is 28.5 Å². The minimum Gasteiger partial charge on any atom is -0.507 e. The van der Waals surface area contributed by atoms with Crippen molar-refractivity contribution in [2.45, 2.75) is 65.7 Å². The summed E-state index contributed by atoms with van der Waals surface area (Å²) in [7, 11) is 0. The number of rotatable bonds is 7. The van der Waals surface area contributed by atoms with Crippen molar-refractivity contribution in [1.82, 2.24) is 14.5 Å². The van der Waals surface area contributed by atoms with Gasteiger partial charge in [-0.3, -0.25) is 9.55 Å². The molecule has 274 valence electrons. The smallest absolute Gasteiger partial charge is 0.210 e. The fourth-order valence-electron chi connectivity index (χ4n) is 7.50. The number of imidazole rings is 1. The number of fused-ring (bicyclic) bond motifs is 1. The number of ether oxygens (including phenoxy) is 1. The van der Waals surface area contributed by atoms with Gasteiger partial charge in [-0.15, -0.1) is 17.7 Å². The molecule has 0 aliphatic heterocycles. The second-order valence-corrected chi connectivity index (χ2v) is 16.6. The standard InChI is InChI=1S/C46H40N3O3S.Pt/c1-25(2)28-14-10-15-29(26(3)4)43(28)49-33-16-11-19-37(42(33)48-45(49)31-13-8-9-17-34(31)50)52-39-24-27(46(5,6)7)23-32(47-39)30-21-22-36-41-40-35(51-36)18-12-20-38(40)53-44(30)41;/h8-20,22-26,50H,1-7H3;/q-1;. The summed E-state index contributed by atoms with van der Waals surface area (Å²) < 4.78 is 17.5. The zero-order chi connectivity index (χ0) is 36.8. The predicted molar refractivity (Wildman–Crippen MR) is 217 cm³/mol. The van der Waals surface area contributed by atoms with Crippen LogP contribution in [0.1, 0.15) is 77.0 Å². The summed E-state index contributed by atoms with van der Waals surface area (Å²) in [4.78, 5) is 10.4. The van der Waals surface area contributed by atoms with Gasteiger partial charge in [0.1, 0.15) is 22.7 Å². The van der Waals surface area contributed by atoms with E-state index in [1.807, 2.05) is 54.6 Å². The van der Waals surface area contributed by atoms with Crippen LogP contribution in [0.5, 0.6) is 17.4 Å². The average molecular weight is 910 g/mol. The Kier molecular flexibility index (Phi) is 8.94. The molecule has 1 N–H and O–H groups in total. The van der Waals surface area contributed by atoms with E-state index in [9.17, 15) is 5.11 Å². The molecule has 0 unspecified atom stereocenters. The molecule has 5 aromatic carbocycles. The Hall–Kier alpha value is -4.97. The Morgan fingerprint density at radius 3 is 2.26 bits per heavy atom. The third-order valence-electron chi connectivity index (χ3n) is 10.2. The third-order valence-corrected chi connectivity index (χ3v) is 11.4. The van der Waals surface area contributed by atoms with Crippen LogP contribution >= 0.6 is 11.3 Å². The number of nitrogens with zero attached hydrogens (tertiary/aromatic N) is 3. The number of aromatic nitrogens is 3. The Morgan fingerprint density at radius 2 is 1.54 bits per heavy atom. The summed E-state index contributed by atoms with van der Waals surface area (Å²) in [6.07, 6.45) is 0. The van der Waals surface area contributed by atoms with Gasteiger partial charge in [-0.1, -0.05) is 97.0 Å². The second kappa shape index (κ2) is 13.4. The maximum atomic E-state index is 11.2. The van der Waals surface area contributed by atoms with Gasteiger partial charge in [0.2, 0.25) is 5.88 Å². The molecule has 8 heteroatoms. The quantitative estimate of drug-likeness (QED) is 0.161. The van der Waals surface area contributed by atoms with Crippen LogP contribution in [0.3, 0.4) is 0 Å². The largest absolute Gasteiger partial charge is 0.507 e. The van der Waals surface area contributed by atoms with Crippen LogP contribution in [0, 0.1) is 6.07 Å². The number of thiophene rings is 1. The summed E-state index contributed by atoms with van der Waals surface area (Å²) >= 11 is 1.75. The van der Waals surface area contributed by atoms with Crippen molar-refractivity contribution in [2.24, 2.45) is 0 Å². The topological polar surface area (TPSA) is 73.3 Å². The fourth-order valence-corrected chi connectivity index (χ4v) is 8.75. The van der Waals surface area contributed by atoms with Gasteiger partial charge < -0.3 is 14.3 Å². The van der Waals surface area contributed by atoms with Gasteiger partial charge in [0.25, 0.3) is 0 Å². The van der Waals surface area contributed by atoms with Crippen molar-refractivity contribution < 1.29 is 35.3 Å². The molecule has 0 radical (unpaired) electrons. The van der Waals surface area contributed by atoms with Gasteiger partial charge in [0.05, 0.1) is 22.4 Å². The van der Waals surface area contributed by atoms with Gasteiger partial charge in [0, 0.05) is 37.2 Å². The molecule has 0 amide bonds. The molecule has 0 fully saturated rings. The zero-order valence-corrected chi connectivity index (χ0v) is 34.3. The number of phenols is 1. The van der Waals surface area contributed by atoms with E-state index >= 15 is 0 Å². The van der Waals surface area contributed by atoms with Crippen molar-refractivity contribution in [3.05, 3.63) is 120 Å². The van der Waals surface area contributed by atoms with Crippen LogP contribution in [-0.2, 0) is 26.5 Å². The summed E-state index contributed by atoms with van der Waals surface area (Å²) in [5, 5.41) is 13.5. The number of hydrogen-bond donors (Lipinski definition) is 1. The van der Waals surface area contributed by atoms with E-state index in [4.69, 9.17) is 19.1 Å². The number of phenolic OH excluding ortho intramolecular Hbond substituents is 1. The maximum absolute atomic E-state index is 11.2. The molecule has 0 aliphatic carbocycles. The van der Waals surface area contributed by atoms with Gasteiger partial charge in [-0.2, -0.15) is 11.3 Å². The molecule has 6 nitrogen and oxygen atoms in total. The first-order valence-corrected chi connectivity index (χ1v) is 19.0. The SMILES string of the molecule is CC(C)c1cccc(C(C)C)c1-n1c(-c2ccccc2O)nc2c(Oc3cc(C(C)(C)C)cc(-c4[c-]cc5oc6cccc7sc4c5c67)n3)cccc21.[Pt]. The molecule has 0 saturated heterocycles. The van der Waals surface area contributed by atoms with Gasteiger partial charge in [-0.05, 0) is 86.1 Å². The Morgan fingerprint density at radius 1 is 0.815 bits per heavy atom. The van der Waals surface area contributed by atoms with Crippen LogP contribution < -0.4 is 4.74 Å². The number of furan rings is 1. The number of benzene rings is 5. The van der Waals surface area contributed by atoms with Crippen molar-refractivity contribution >= 4 is 53.7 Å². The summed E-state index contributed by atoms with van der Waals surface area (Å²) in [5.41, 5.74) is 10.1. The molecule has 9 aromatic rings. The second-order valence-electron chi connectivity index (χ2n) is 15.5. The Labute approximate surface area is 333 Å². The molecule has 0 bridgehead atoms. The van der Waals surface area contributed by atoms with Crippen molar-refractivity contribution in [1.29, 1.82) is 0 Å². The molecule has 0 aliphatic rings. The zero-order valence-electron chi connectivity index (χ0n) is 31.2. The molecule has 54 heavy (non-hydrogen) atoms. The summed E-state index contributed by atoms with van der Waals surface area (Å²) in [6, 6.07) is 35.8. The van der Waals surface area contributed by atoms with E-state index < -0.39 is 0 Å². The fraction of sp³-hybridized carbons (Fsp3) is 0.217. The van der Waals surface area contributed by atoms with E-state index in [1.165, 1.54) is 15.8 Å². The summed E-state index contributed by atoms with van der Waals surface area (Å²) in [5.74, 6) is 2.37. The van der Waals surface area contributed by atoms with Gasteiger partial charge in [0.15, 0.2) is 5.75 Å². The van der Waals surface area contributed by atoms with E-state index in [1.54, 1.807) is 17.4 Å². The number of hydrogen-bond acceptors (Lipinski definition) is 6. The van der Waals surface area contributed by atoms with Crippen molar-refractivity contribution in [3.8, 4) is 45.7 Å². The van der Waals surface area contributed by atoms with Crippen LogP contribution in [0.4, 0.5) is 0 Å². The normalized spacial score (nSPS) is 12.2. The number of aromatic hydroxyl groups is 1. The van der Waals surface area contributed by atoms with Gasteiger partial charge >= 0.3 is 0 Å². The number of para-hydroxylation sites is 3. The van der Waals surface area contributed by atoms with Crippen LogP contribution in [0.25, 0.3) is 70.7 Å². The van der Waals surface area contributed by atoms with Crippen LogP contribution in [0.2, 0.25) is 0 Å². The molecule has 4 heterocycles. The molecule has 4 aromatic heterocycles. The van der Waals surface area contributed by atoms with Crippen LogP contribution in [-0.4, -0.2) is 19.6 Å². The van der Waals surface area contributed by atoms with E-state index in [0.717, 1.165) is 54.7 Å². The van der Waals surface area contributed by atoms with Crippen LogP contribution in [0.15, 0.2) is 101 Å².